The van der Waals surface area contributed by atoms with E-state index in [4.69, 9.17) is 0 Å². The fraction of sp³-hybridized carbons (Fsp3) is 0.300. The van der Waals surface area contributed by atoms with Crippen LogP contribution in [0.15, 0.2) is 22.8 Å². The predicted octanol–water partition coefficient (Wildman–Crippen LogP) is 2.97. The van der Waals surface area contributed by atoms with Crippen LogP contribution >= 0.6 is 15.9 Å². The van der Waals surface area contributed by atoms with Gasteiger partial charge in [-0.05, 0) is 41.4 Å². The Labute approximate surface area is 85.7 Å². The Hall–Kier alpha value is -0.830. The molecule has 0 N–H and O–H groups in total. The Balaban J connectivity index is 2.86. The molecule has 68 valence electrons. The van der Waals surface area contributed by atoms with Gasteiger partial charge in [-0.15, -0.1) is 0 Å². The van der Waals surface area contributed by atoms with E-state index in [0.29, 0.717) is 0 Å². The first-order chi connectivity index (χ1) is 6.24. The number of pyridine rings is 1. The molecule has 0 fully saturated rings. The standard InChI is InChI=1S/C10H11BrN2/c1-3-9-7(2)12-10-8(11)5-4-6-13(9)10/h4-6H,3H2,1-2H3. The second kappa shape index (κ2) is 3.14. The van der Waals surface area contributed by atoms with Crippen LogP contribution in [-0.4, -0.2) is 9.38 Å². The monoisotopic (exact) mass is 238 g/mol. The van der Waals surface area contributed by atoms with E-state index in [1.165, 1.54) is 5.69 Å². The highest BCUT2D eigenvalue weighted by atomic mass is 79.9. The van der Waals surface area contributed by atoms with Gasteiger partial charge < -0.3 is 4.40 Å². The maximum absolute atomic E-state index is 4.50. The number of rotatable bonds is 1. The summed E-state index contributed by atoms with van der Waals surface area (Å²) in [6.07, 6.45) is 3.07. The third kappa shape index (κ3) is 1.27. The van der Waals surface area contributed by atoms with E-state index >= 15 is 0 Å². The van der Waals surface area contributed by atoms with Crippen molar-refractivity contribution in [1.82, 2.24) is 9.38 Å². The highest BCUT2D eigenvalue weighted by Crippen LogP contribution is 2.20. The van der Waals surface area contributed by atoms with E-state index in [1.54, 1.807) is 0 Å². The van der Waals surface area contributed by atoms with Crippen LogP contribution < -0.4 is 0 Å². The summed E-state index contributed by atoms with van der Waals surface area (Å²) in [6.45, 7) is 4.20. The van der Waals surface area contributed by atoms with Crippen LogP contribution in [0.2, 0.25) is 0 Å². The molecule has 0 aromatic carbocycles. The highest BCUT2D eigenvalue weighted by molar-refractivity contribution is 9.10. The van der Waals surface area contributed by atoms with Crippen LogP contribution in [0.3, 0.4) is 0 Å². The van der Waals surface area contributed by atoms with Crippen LogP contribution in [-0.2, 0) is 6.42 Å². The van der Waals surface area contributed by atoms with E-state index in [2.05, 4.69) is 45.4 Å². The van der Waals surface area contributed by atoms with Crippen LogP contribution in [0.1, 0.15) is 18.3 Å². The lowest BCUT2D eigenvalue weighted by atomic mass is 10.3. The third-order valence-electron chi connectivity index (χ3n) is 2.24. The zero-order valence-corrected chi connectivity index (χ0v) is 9.30. The van der Waals surface area contributed by atoms with Gasteiger partial charge in [-0.25, -0.2) is 4.98 Å². The van der Waals surface area contributed by atoms with Gasteiger partial charge in [-0.1, -0.05) is 6.92 Å². The van der Waals surface area contributed by atoms with Crippen molar-refractivity contribution in [3.8, 4) is 0 Å². The molecular formula is C10H11BrN2. The minimum Gasteiger partial charge on any atom is -0.303 e. The molecule has 2 aromatic rings. The summed E-state index contributed by atoms with van der Waals surface area (Å²) in [5.74, 6) is 0. The van der Waals surface area contributed by atoms with Gasteiger partial charge in [-0.3, -0.25) is 0 Å². The number of halogens is 1. The summed E-state index contributed by atoms with van der Waals surface area (Å²) in [5.41, 5.74) is 3.42. The molecule has 0 radical (unpaired) electrons. The fourth-order valence-electron chi connectivity index (χ4n) is 1.62. The van der Waals surface area contributed by atoms with Crippen molar-refractivity contribution in [2.45, 2.75) is 20.3 Å². The second-order valence-corrected chi connectivity index (χ2v) is 3.90. The van der Waals surface area contributed by atoms with Gasteiger partial charge in [-0.2, -0.15) is 0 Å². The topological polar surface area (TPSA) is 17.3 Å². The van der Waals surface area contributed by atoms with Crippen molar-refractivity contribution in [3.63, 3.8) is 0 Å². The number of aryl methyl sites for hydroxylation is 2. The van der Waals surface area contributed by atoms with Crippen molar-refractivity contribution in [2.75, 3.05) is 0 Å². The van der Waals surface area contributed by atoms with Crippen molar-refractivity contribution < 1.29 is 0 Å². The lowest BCUT2D eigenvalue weighted by Gasteiger charge is -1.98. The van der Waals surface area contributed by atoms with E-state index < -0.39 is 0 Å². The molecule has 0 bridgehead atoms. The van der Waals surface area contributed by atoms with Gasteiger partial charge in [0.2, 0.25) is 0 Å². The molecule has 0 saturated heterocycles. The second-order valence-electron chi connectivity index (χ2n) is 3.05. The summed E-state index contributed by atoms with van der Waals surface area (Å²) in [4.78, 5) is 4.50. The number of nitrogens with zero attached hydrogens (tertiary/aromatic N) is 2. The molecule has 2 aromatic heterocycles. The molecule has 2 rings (SSSR count). The summed E-state index contributed by atoms with van der Waals surface area (Å²) in [7, 11) is 0. The number of hydrogen-bond donors (Lipinski definition) is 0. The predicted molar refractivity (Wildman–Crippen MR) is 57.0 cm³/mol. The molecule has 0 unspecified atom stereocenters. The van der Waals surface area contributed by atoms with E-state index in [0.717, 1.165) is 22.2 Å². The third-order valence-corrected chi connectivity index (χ3v) is 2.86. The van der Waals surface area contributed by atoms with Crippen LogP contribution in [0.5, 0.6) is 0 Å². The SMILES string of the molecule is CCc1c(C)nc2c(Br)cccn12. The van der Waals surface area contributed by atoms with Crippen molar-refractivity contribution >= 4 is 21.6 Å². The number of hydrogen-bond acceptors (Lipinski definition) is 1. The molecule has 13 heavy (non-hydrogen) atoms. The maximum atomic E-state index is 4.50. The van der Waals surface area contributed by atoms with E-state index in [1.807, 2.05) is 12.1 Å². The minimum atomic E-state index is 1.01. The Kier molecular flexibility index (Phi) is 2.12. The minimum absolute atomic E-state index is 1.01. The van der Waals surface area contributed by atoms with Crippen molar-refractivity contribution in [3.05, 3.63) is 34.2 Å². The van der Waals surface area contributed by atoms with Gasteiger partial charge in [0, 0.05) is 11.9 Å². The smallest absolute Gasteiger partial charge is 0.151 e. The van der Waals surface area contributed by atoms with Crippen molar-refractivity contribution in [1.29, 1.82) is 0 Å². The Morgan fingerprint density at radius 3 is 3.00 bits per heavy atom. The molecule has 0 amide bonds. The first-order valence-corrected chi connectivity index (χ1v) is 5.15. The normalized spacial score (nSPS) is 11.0. The van der Waals surface area contributed by atoms with Gasteiger partial charge in [0.1, 0.15) is 0 Å². The summed E-state index contributed by atoms with van der Waals surface area (Å²) >= 11 is 3.49. The fourth-order valence-corrected chi connectivity index (χ4v) is 2.06. The Morgan fingerprint density at radius 2 is 2.31 bits per heavy atom. The lowest BCUT2D eigenvalue weighted by Crippen LogP contribution is -1.91. The molecule has 0 aliphatic heterocycles. The summed E-state index contributed by atoms with van der Waals surface area (Å²) in [6, 6.07) is 4.04. The Morgan fingerprint density at radius 1 is 1.54 bits per heavy atom. The molecule has 0 atom stereocenters. The molecule has 0 aliphatic rings. The van der Waals surface area contributed by atoms with Crippen LogP contribution in [0.25, 0.3) is 5.65 Å². The first-order valence-electron chi connectivity index (χ1n) is 4.36. The number of aromatic nitrogens is 2. The van der Waals surface area contributed by atoms with Gasteiger partial charge in [0.25, 0.3) is 0 Å². The van der Waals surface area contributed by atoms with Crippen LogP contribution in [0.4, 0.5) is 0 Å². The van der Waals surface area contributed by atoms with Crippen molar-refractivity contribution in [2.24, 2.45) is 0 Å². The maximum Gasteiger partial charge on any atom is 0.151 e. The van der Waals surface area contributed by atoms with E-state index in [9.17, 15) is 0 Å². The molecule has 0 saturated carbocycles. The molecular weight excluding hydrogens is 228 g/mol. The summed E-state index contributed by atoms with van der Waals surface area (Å²) in [5, 5.41) is 0. The van der Waals surface area contributed by atoms with Gasteiger partial charge in [0.15, 0.2) is 5.65 Å². The molecule has 3 heteroatoms. The Bertz CT molecular complexity index is 445. The zero-order valence-electron chi connectivity index (χ0n) is 7.71. The van der Waals surface area contributed by atoms with Crippen LogP contribution in [0, 0.1) is 6.92 Å². The average Bonchev–Trinajstić information content (AvgIpc) is 2.43. The first kappa shape index (κ1) is 8.75. The number of fused-ring (bicyclic) bond motifs is 1. The van der Waals surface area contributed by atoms with Gasteiger partial charge in [0.05, 0.1) is 10.2 Å². The highest BCUT2D eigenvalue weighted by Gasteiger charge is 2.07. The molecule has 0 aliphatic carbocycles. The van der Waals surface area contributed by atoms with E-state index in [-0.39, 0.29) is 0 Å². The quantitative estimate of drug-likeness (QED) is 0.747. The molecule has 2 heterocycles. The average molecular weight is 239 g/mol. The largest absolute Gasteiger partial charge is 0.303 e. The van der Waals surface area contributed by atoms with Gasteiger partial charge >= 0.3 is 0 Å². The summed E-state index contributed by atoms with van der Waals surface area (Å²) < 4.78 is 3.19. The number of imidazole rings is 1. The zero-order chi connectivity index (χ0) is 9.42. The lowest BCUT2D eigenvalue weighted by molar-refractivity contribution is 0.976. The molecule has 0 spiro atoms. The molecule has 2 nitrogen and oxygen atoms in total.